The highest BCUT2D eigenvalue weighted by molar-refractivity contribution is 7.27. The predicted octanol–water partition coefficient (Wildman–Crippen LogP) is 4.68. The third-order valence-electron chi connectivity index (χ3n) is 4.80. The fraction of sp³-hybridized carbons (Fsp3) is 0.143. The average Bonchev–Trinajstić information content (AvgIpc) is 3.10. The fourth-order valence-corrected chi connectivity index (χ4v) is 3.75. The van der Waals surface area contributed by atoms with Gasteiger partial charge in [0, 0.05) is 17.5 Å². The molecule has 0 saturated carbocycles. The fourth-order valence-electron chi connectivity index (χ4n) is 3.18. The maximum absolute atomic E-state index is 13.1. The number of rotatable bonds is 4. The summed E-state index contributed by atoms with van der Waals surface area (Å²) in [5, 5.41) is 3.69. The Bertz CT molecular complexity index is 1340. The van der Waals surface area contributed by atoms with Crippen molar-refractivity contribution in [3.8, 4) is 11.3 Å². The Hall–Kier alpha value is -3.03. The van der Waals surface area contributed by atoms with Gasteiger partial charge in [0.15, 0.2) is 5.65 Å². The molecule has 164 valence electrons. The highest BCUT2D eigenvalue weighted by atomic mass is 35.5. The van der Waals surface area contributed by atoms with Crippen LogP contribution in [0.1, 0.15) is 16.8 Å². The van der Waals surface area contributed by atoms with E-state index < -0.39 is 17.6 Å². The third kappa shape index (κ3) is 4.59. The normalized spacial score (nSPS) is 11.7. The van der Waals surface area contributed by atoms with Crippen LogP contribution in [0.25, 0.3) is 22.4 Å². The molecule has 4 aromatic rings. The number of alkyl halides is 3. The van der Waals surface area contributed by atoms with Crippen molar-refractivity contribution in [3.05, 3.63) is 64.7 Å². The van der Waals surface area contributed by atoms with Crippen LogP contribution < -0.4 is 10.6 Å². The second-order valence-corrected chi connectivity index (χ2v) is 8.11. The van der Waals surface area contributed by atoms with Crippen LogP contribution in [-0.4, -0.2) is 25.8 Å². The van der Waals surface area contributed by atoms with Crippen molar-refractivity contribution >= 4 is 48.9 Å². The molecule has 0 aliphatic carbocycles. The van der Waals surface area contributed by atoms with Gasteiger partial charge < -0.3 is 10.3 Å². The molecule has 0 radical (unpaired) electrons. The van der Waals surface area contributed by atoms with E-state index in [2.05, 4.69) is 34.5 Å². The Labute approximate surface area is 187 Å². The molecule has 0 aliphatic rings. The topological polar surface area (TPSA) is 83.6 Å². The lowest BCUT2D eigenvalue weighted by atomic mass is 10.1. The molecule has 0 spiro atoms. The molecule has 3 heterocycles. The van der Waals surface area contributed by atoms with Gasteiger partial charge in [-0.05, 0) is 29.9 Å². The van der Waals surface area contributed by atoms with Crippen LogP contribution in [0.3, 0.4) is 0 Å². The SMILES string of the molecule is Cc1ncc(NC(=O)Cc2ccc(-c3cnc4[nH]cc(Cl)c4n3)cc2P)cc1C(F)(F)F. The highest BCUT2D eigenvalue weighted by Gasteiger charge is 2.33. The van der Waals surface area contributed by atoms with E-state index in [1.54, 1.807) is 24.5 Å². The second kappa shape index (κ2) is 8.48. The number of carbonyl (C=O) groups excluding carboxylic acids is 1. The first-order chi connectivity index (χ1) is 15.1. The maximum Gasteiger partial charge on any atom is 0.418 e. The highest BCUT2D eigenvalue weighted by Crippen LogP contribution is 2.32. The molecule has 1 atom stereocenters. The Morgan fingerprint density at radius 1 is 1.22 bits per heavy atom. The molecule has 2 N–H and O–H groups in total. The van der Waals surface area contributed by atoms with E-state index in [9.17, 15) is 18.0 Å². The van der Waals surface area contributed by atoms with Crippen LogP contribution in [0.2, 0.25) is 5.02 Å². The number of carbonyl (C=O) groups is 1. The smallest absolute Gasteiger partial charge is 0.343 e. The molecule has 32 heavy (non-hydrogen) atoms. The number of nitrogens with zero attached hydrogens (tertiary/aromatic N) is 3. The van der Waals surface area contributed by atoms with E-state index in [4.69, 9.17) is 11.6 Å². The van der Waals surface area contributed by atoms with Gasteiger partial charge in [0.25, 0.3) is 0 Å². The first kappa shape index (κ1) is 22.2. The molecular weight excluding hydrogens is 462 g/mol. The van der Waals surface area contributed by atoms with Crippen LogP contribution >= 0.6 is 20.8 Å². The number of pyridine rings is 1. The summed E-state index contributed by atoms with van der Waals surface area (Å²) in [6.07, 6.45) is -0.141. The molecule has 1 aromatic carbocycles. The second-order valence-electron chi connectivity index (χ2n) is 7.08. The number of aryl methyl sites for hydroxylation is 1. The van der Waals surface area contributed by atoms with Gasteiger partial charge in [0.1, 0.15) is 5.52 Å². The maximum atomic E-state index is 13.1. The van der Waals surface area contributed by atoms with E-state index in [-0.39, 0.29) is 17.8 Å². The monoisotopic (exact) mass is 477 g/mol. The minimum absolute atomic E-state index is 0.0122. The van der Waals surface area contributed by atoms with Crippen molar-refractivity contribution in [3.63, 3.8) is 0 Å². The van der Waals surface area contributed by atoms with Crippen molar-refractivity contribution in [2.24, 2.45) is 0 Å². The van der Waals surface area contributed by atoms with Gasteiger partial charge in [-0.1, -0.05) is 23.7 Å². The molecule has 0 aliphatic heterocycles. The van der Waals surface area contributed by atoms with Gasteiger partial charge >= 0.3 is 6.18 Å². The largest absolute Gasteiger partial charge is 0.418 e. The van der Waals surface area contributed by atoms with Crippen molar-refractivity contribution in [2.75, 3.05) is 5.32 Å². The zero-order chi connectivity index (χ0) is 23.0. The summed E-state index contributed by atoms with van der Waals surface area (Å²) in [5.41, 5.74) is 2.18. The van der Waals surface area contributed by atoms with Gasteiger partial charge in [-0.15, -0.1) is 9.24 Å². The van der Waals surface area contributed by atoms with Crippen LogP contribution in [-0.2, 0) is 17.4 Å². The lowest BCUT2D eigenvalue weighted by Crippen LogP contribution is -2.18. The van der Waals surface area contributed by atoms with Crippen LogP contribution in [0.4, 0.5) is 18.9 Å². The number of halogens is 4. The van der Waals surface area contributed by atoms with Crippen molar-refractivity contribution in [1.82, 2.24) is 19.9 Å². The zero-order valence-corrected chi connectivity index (χ0v) is 18.5. The van der Waals surface area contributed by atoms with E-state index in [1.807, 2.05) is 6.07 Å². The standard InChI is InChI=1S/C21H16ClF3N5OP/c1-10-14(21(23,24)25)6-13(7-26-10)29-18(31)5-12-3-2-11(4-17(12)32)16-9-28-20-19(30-16)15(22)8-27-20/h2-4,6-9H,5,32H2,1H3,(H,27,28)(H,29,31). The van der Waals surface area contributed by atoms with Crippen LogP contribution in [0, 0.1) is 6.92 Å². The van der Waals surface area contributed by atoms with E-state index >= 15 is 0 Å². The molecule has 6 nitrogen and oxygen atoms in total. The van der Waals surface area contributed by atoms with Crippen LogP contribution in [0.5, 0.6) is 0 Å². The molecule has 0 saturated heterocycles. The van der Waals surface area contributed by atoms with Crippen molar-refractivity contribution in [1.29, 1.82) is 0 Å². The quantitative estimate of drug-likeness (QED) is 0.418. The zero-order valence-electron chi connectivity index (χ0n) is 16.6. The summed E-state index contributed by atoms with van der Waals surface area (Å²) in [4.78, 5) is 27.9. The summed E-state index contributed by atoms with van der Waals surface area (Å²) in [6.45, 7) is 1.27. The van der Waals surface area contributed by atoms with Gasteiger partial charge in [0.05, 0.1) is 40.8 Å². The molecule has 0 fully saturated rings. The Balaban J connectivity index is 1.51. The molecule has 1 amide bonds. The Morgan fingerprint density at radius 2 is 2.00 bits per heavy atom. The Kier molecular flexibility index (Phi) is 5.88. The lowest BCUT2D eigenvalue weighted by Gasteiger charge is -2.12. The number of H-pyrrole nitrogens is 1. The third-order valence-corrected chi connectivity index (χ3v) is 5.63. The molecule has 0 bridgehead atoms. The number of hydrogen-bond donors (Lipinski definition) is 2. The first-order valence-corrected chi connectivity index (χ1v) is 10.3. The number of aromatic nitrogens is 4. The summed E-state index contributed by atoms with van der Waals surface area (Å²) < 4.78 is 39.2. The minimum atomic E-state index is -4.54. The first-order valence-electron chi connectivity index (χ1n) is 9.34. The number of fused-ring (bicyclic) bond motifs is 1. The van der Waals surface area contributed by atoms with E-state index in [0.29, 0.717) is 27.4 Å². The number of hydrogen-bond acceptors (Lipinski definition) is 4. The molecule has 4 rings (SSSR count). The van der Waals surface area contributed by atoms with Crippen molar-refractivity contribution in [2.45, 2.75) is 19.5 Å². The summed E-state index contributed by atoms with van der Waals surface area (Å²) in [6, 6.07) is 6.27. The summed E-state index contributed by atoms with van der Waals surface area (Å²) in [7, 11) is 2.55. The predicted molar refractivity (Wildman–Crippen MR) is 120 cm³/mol. The average molecular weight is 478 g/mol. The summed E-state index contributed by atoms with van der Waals surface area (Å²) >= 11 is 6.11. The number of aromatic amines is 1. The molecular formula is C21H16ClF3N5OP. The molecule has 1 unspecified atom stereocenters. The molecule has 3 aromatic heterocycles. The Morgan fingerprint density at radius 3 is 2.72 bits per heavy atom. The van der Waals surface area contributed by atoms with Gasteiger partial charge in [-0.25, -0.2) is 9.97 Å². The van der Waals surface area contributed by atoms with Crippen LogP contribution in [0.15, 0.2) is 42.9 Å². The van der Waals surface area contributed by atoms with E-state index in [1.165, 1.54) is 13.1 Å². The number of amides is 1. The summed E-state index contributed by atoms with van der Waals surface area (Å²) in [5.74, 6) is -0.458. The number of nitrogens with one attached hydrogen (secondary N) is 2. The van der Waals surface area contributed by atoms with Gasteiger partial charge in [-0.2, -0.15) is 13.2 Å². The number of benzene rings is 1. The molecule has 11 heteroatoms. The van der Waals surface area contributed by atoms with Crippen molar-refractivity contribution < 1.29 is 18.0 Å². The number of anilines is 1. The van der Waals surface area contributed by atoms with Gasteiger partial charge in [-0.3, -0.25) is 9.78 Å². The lowest BCUT2D eigenvalue weighted by molar-refractivity contribution is -0.138. The minimum Gasteiger partial charge on any atom is -0.343 e. The van der Waals surface area contributed by atoms with E-state index in [0.717, 1.165) is 16.9 Å². The van der Waals surface area contributed by atoms with Gasteiger partial charge in [0.2, 0.25) is 5.91 Å².